The van der Waals surface area contributed by atoms with Crippen LogP contribution in [-0.4, -0.2) is 40.9 Å². The standard InChI is InChI=1S/C15H27ClN4/c1-3-13-15(16)14(20(4-2)18-13)12-17-8-11-19-9-6-5-7-10-19/h17H,3-12H2,1-2H3. The molecule has 0 aromatic carbocycles. The van der Waals surface area contributed by atoms with Crippen LogP contribution < -0.4 is 5.32 Å². The average molecular weight is 299 g/mol. The van der Waals surface area contributed by atoms with Crippen LogP contribution in [0.3, 0.4) is 0 Å². The Kier molecular flexibility index (Phi) is 6.33. The van der Waals surface area contributed by atoms with Crippen LogP contribution in [0, 0.1) is 0 Å². The van der Waals surface area contributed by atoms with Crippen molar-refractivity contribution in [1.82, 2.24) is 20.0 Å². The maximum atomic E-state index is 6.40. The Labute approximate surface area is 127 Å². The number of rotatable bonds is 7. The minimum atomic E-state index is 0.813. The molecule has 0 spiro atoms. The highest BCUT2D eigenvalue weighted by Crippen LogP contribution is 2.21. The molecule has 0 saturated carbocycles. The van der Waals surface area contributed by atoms with E-state index in [2.05, 4.69) is 29.2 Å². The van der Waals surface area contributed by atoms with E-state index in [4.69, 9.17) is 11.6 Å². The van der Waals surface area contributed by atoms with E-state index in [9.17, 15) is 0 Å². The maximum absolute atomic E-state index is 6.40. The Bertz CT molecular complexity index is 410. The molecule has 0 atom stereocenters. The summed E-state index contributed by atoms with van der Waals surface area (Å²) in [7, 11) is 0. The molecule has 1 aromatic rings. The van der Waals surface area contributed by atoms with E-state index in [1.54, 1.807) is 0 Å². The molecule has 5 heteroatoms. The lowest BCUT2D eigenvalue weighted by atomic mass is 10.1. The second kappa shape index (κ2) is 8.01. The third-order valence-corrected chi connectivity index (χ3v) is 4.48. The number of piperidine rings is 1. The molecular formula is C15H27ClN4. The first-order chi connectivity index (χ1) is 9.76. The van der Waals surface area contributed by atoms with E-state index in [-0.39, 0.29) is 0 Å². The predicted octanol–water partition coefficient (Wildman–Crippen LogP) is 2.69. The van der Waals surface area contributed by atoms with E-state index in [0.717, 1.165) is 49.0 Å². The number of hydrogen-bond donors (Lipinski definition) is 1. The summed E-state index contributed by atoms with van der Waals surface area (Å²) in [6.45, 7) is 10.6. The Hall–Kier alpha value is -0.580. The summed E-state index contributed by atoms with van der Waals surface area (Å²) in [5.41, 5.74) is 2.14. The first kappa shape index (κ1) is 15.8. The molecule has 0 radical (unpaired) electrons. The first-order valence-corrected chi connectivity index (χ1v) is 8.31. The largest absolute Gasteiger partial charge is 0.310 e. The van der Waals surface area contributed by atoms with Crippen molar-refractivity contribution >= 4 is 11.6 Å². The minimum Gasteiger partial charge on any atom is -0.310 e. The average Bonchev–Trinajstić information content (AvgIpc) is 2.80. The fourth-order valence-corrected chi connectivity index (χ4v) is 3.15. The summed E-state index contributed by atoms with van der Waals surface area (Å²) in [5, 5.41) is 8.91. The zero-order valence-electron chi connectivity index (χ0n) is 12.8. The van der Waals surface area contributed by atoms with Gasteiger partial charge in [0.25, 0.3) is 0 Å². The van der Waals surface area contributed by atoms with Crippen molar-refractivity contribution in [2.45, 2.75) is 52.6 Å². The number of halogens is 1. The molecular weight excluding hydrogens is 272 g/mol. The maximum Gasteiger partial charge on any atom is 0.0863 e. The van der Waals surface area contributed by atoms with Crippen molar-refractivity contribution in [1.29, 1.82) is 0 Å². The second-order valence-corrected chi connectivity index (χ2v) is 5.83. The van der Waals surface area contributed by atoms with Crippen molar-refractivity contribution in [3.63, 3.8) is 0 Å². The summed E-state index contributed by atoms with van der Waals surface area (Å²) >= 11 is 6.40. The fourth-order valence-electron chi connectivity index (χ4n) is 2.81. The lowest BCUT2D eigenvalue weighted by molar-refractivity contribution is 0.228. The second-order valence-electron chi connectivity index (χ2n) is 5.46. The van der Waals surface area contributed by atoms with Gasteiger partial charge in [0.05, 0.1) is 16.4 Å². The predicted molar refractivity (Wildman–Crippen MR) is 84.3 cm³/mol. The lowest BCUT2D eigenvalue weighted by Crippen LogP contribution is -2.35. The van der Waals surface area contributed by atoms with Crippen molar-refractivity contribution in [3.8, 4) is 0 Å². The van der Waals surface area contributed by atoms with Gasteiger partial charge in [-0.2, -0.15) is 5.10 Å². The molecule has 1 saturated heterocycles. The van der Waals surface area contributed by atoms with Gasteiger partial charge in [0.1, 0.15) is 0 Å². The molecule has 20 heavy (non-hydrogen) atoms. The number of likely N-dealkylation sites (tertiary alicyclic amines) is 1. The van der Waals surface area contributed by atoms with Gasteiger partial charge < -0.3 is 10.2 Å². The van der Waals surface area contributed by atoms with Crippen molar-refractivity contribution in [2.24, 2.45) is 0 Å². The van der Waals surface area contributed by atoms with Crippen LogP contribution in [-0.2, 0) is 19.5 Å². The summed E-state index contributed by atoms with van der Waals surface area (Å²) in [5.74, 6) is 0. The van der Waals surface area contributed by atoms with Crippen molar-refractivity contribution in [2.75, 3.05) is 26.2 Å². The molecule has 1 aliphatic heterocycles. The van der Waals surface area contributed by atoms with Gasteiger partial charge in [0.15, 0.2) is 0 Å². The van der Waals surface area contributed by atoms with Gasteiger partial charge in [-0.05, 0) is 39.3 Å². The molecule has 1 aliphatic rings. The van der Waals surface area contributed by atoms with Gasteiger partial charge >= 0.3 is 0 Å². The number of nitrogens with zero attached hydrogens (tertiary/aromatic N) is 3. The van der Waals surface area contributed by atoms with E-state index in [0.29, 0.717) is 0 Å². The van der Waals surface area contributed by atoms with E-state index < -0.39 is 0 Å². The lowest BCUT2D eigenvalue weighted by Gasteiger charge is -2.26. The summed E-state index contributed by atoms with van der Waals surface area (Å²) in [6, 6.07) is 0. The van der Waals surface area contributed by atoms with Gasteiger partial charge in [0.2, 0.25) is 0 Å². The zero-order chi connectivity index (χ0) is 14.4. The van der Waals surface area contributed by atoms with E-state index in [1.165, 1.54) is 32.4 Å². The quantitative estimate of drug-likeness (QED) is 0.786. The topological polar surface area (TPSA) is 33.1 Å². The van der Waals surface area contributed by atoms with E-state index in [1.807, 2.05) is 4.68 Å². The van der Waals surface area contributed by atoms with Crippen LogP contribution in [0.5, 0.6) is 0 Å². The third-order valence-electron chi connectivity index (χ3n) is 4.04. The molecule has 114 valence electrons. The SMILES string of the molecule is CCc1nn(CC)c(CNCCN2CCCCC2)c1Cl. The van der Waals surface area contributed by atoms with Gasteiger partial charge in [-0.1, -0.05) is 24.9 Å². The van der Waals surface area contributed by atoms with Crippen LogP contribution in [0.2, 0.25) is 5.02 Å². The van der Waals surface area contributed by atoms with Gasteiger partial charge in [-0.15, -0.1) is 0 Å². The van der Waals surface area contributed by atoms with Crippen LogP contribution in [0.25, 0.3) is 0 Å². The van der Waals surface area contributed by atoms with E-state index >= 15 is 0 Å². The van der Waals surface area contributed by atoms with Gasteiger partial charge in [0, 0.05) is 26.2 Å². The Morgan fingerprint density at radius 1 is 1.20 bits per heavy atom. The molecule has 1 N–H and O–H groups in total. The summed E-state index contributed by atoms with van der Waals surface area (Å²) < 4.78 is 2.02. The normalized spacial score (nSPS) is 16.8. The molecule has 0 bridgehead atoms. The van der Waals surface area contributed by atoms with Crippen LogP contribution in [0.15, 0.2) is 0 Å². The number of aromatic nitrogens is 2. The van der Waals surface area contributed by atoms with Crippen LogP contribution in [0.4, 0.5) is 0 Å². The fraction of sp³-hybridized carbons (Fsp3) is 0.800. The molecule has 0 amide bonds. The summed E-state index contributed by atoms with van der Waals surface area (Å²) in [6.07, 6.45) is 5.00. The molecule has 4 nitrogen and oxygen atoms in total. The molecule has 2 rings (SSSR count). The van der Waals surface area contributed by atoms with Crippen LogP contribution >= 0.6 is 11.6 Å². The first-order valence-electron chi connectivity index (χ1n) is 7.93. The molecule has 0 unspecified atom stereocenters. The molecule has 2 heterocycles. The van der Waals surface area contributed by atoms with Crippen LogP contribution in [0.1, 0.15) is 44.5 Å². The number of nitrogens with one attached hydrogen (secondary N) is 1. The Morgan fingerprint density at radius 3 is 2.60 bits per heavy atom. The zero-order valence-corrected chi connectivity index (χ0v) is 13.5. The Balaban J connectivity index is 1.79. The molecule has 1 fully saturated rings. The number of aryl methyl sites for hydroxylation is 2. The molecule has 1 aromatic heterocycles. The van der Waals surface area contributed by atoms with Gasteiger partial charge in [-0.25, -0.2) is 0 Å². The third kappa shape index (κ3) is 3.96. The monoisotopic (exact) mass is 298 g/mol. The summed E-state index contributed by atoms with van der Waals surface area (Å²) in [4.78, 5) is 2.55. The number of hydrogen-bond acceptors (Lipinski definition) is 3. The highest BCUT2D eigenvalue weighted by atomic mass is 35.5. The molecule has 0 aliphatic carbocycles. The highest BCUT2D eigenvalue weighted by Gasteiger charge is 2.14. The highest BCUT2D eigenvalue weighted by molar-refractivity contribution is 6.31. The van der Waals surface area contributed by atoms with Gasteiger partial charge in [-0.3, -0.25) is 4.68 Å². The van der Waals surface area contributed by atoms with Crippen molar-refractivity contribution < 1.29 is 0 Å². The minimum absolute atomic E-state index is 0.813. The Morgan fingerprint density at radius 2 is 1.95 bits per heavy atom. The smallest absolute Gasteiger partial charge is 0.0863 e. The van der Waals surface area contributed by atoms with Crippen molar-refractivity contribution in [3.05, 3.63) is 16.4 Å².